The highest BCUT2D eigenvalue weighted by atomic mass is 79.9. The number of halogens is 4. The standard InChI is InChI=1S/C18H15Br2ClFN3O2S/c19-6-9-1-10(3-11(20)2-9)17-24-25-18(28-17)13-4-15(22)16(5-14(13)21)27-8-12(23)7-26/h1-5,12,26H,6-8,23H2. The van der Waals surface area contributed by atoms with E-state index >= 15 is 0 Å². The predicted molar refractivity (Wildman–Crippen MR) is 117 cm³/mol. The minimum atomic E-state index is -0.599. The van der Waals surface area contributed by atoms with Gasteiger partial charge in [-0.15, -0.1) is 10.2 Å². The van der Waals surface area contributed by atoms with Crippen LogP contribution in [0.4, 0.5) is 4.39 Å². The number of hydrogen-bond acceptors (Lipinski definition) is 6. The fourth-order valence-electron chi connectivity index (χ4n) is 2.35. The quantitative estimate of drug-likeness (QED) is 0.403. The van der Waals surface area contributed by atoms with Crippen LogP contribution in [0.1, 0.15) is 5.56 Å². The van der Waals surface area contributed by atoms with Gasteiger partial charge in [0.2, 0.25) is 0 Å². The Balaban J connectivity index is 1.89. The molecule has 1 aromatic heterocycles. The van der Waals surface area contributed by atoms with Crippen molar-refractivity contribution in [2.45, 2.75) is 11.4 Å². The third kappa shape index (κ3) is 5.08. The zero-order valence-electron chi connectivity index (χ0n) is 14.3. The van der Waals surface area contributed by atoms with Crippen LogP contribution in [0.15, 0.2) is 34.8 Å². The molecule has 0 aliphatic rings. The number of hydrogen-bond donors (Lipinski definition) is 2. The largest absolute Gasteiger partial charge is 0.489 e. The molecule has 3 N–H and O–H groups in total. The Bertz CT molecular complexity index is 989. The van der Waals surface area contributed by atoms with Crippen LogP contribution in [0.2, 0.25) is 5.02 Å². The lowest BCUT2D eigenvalue weighted by molar-refractivity contribution is 0.202. The van der Waals surface area contributed by atoms with Gasteiger partial charge in [-0.25, -0.2) is 4.39 Å². The van der Waals surface area contributed by atoms with Crippen LogP contribution >= 0.6 is 54.8 Å². The van der Waals surface area contributed by atoms with Gasteiger partial charge in [-0.2, -0.15) is 0 Å². The molecule has 1 atom stereocenters. The van der Waals surface area contributed by atoms with Crippen LogP contribution in [-0.2, 0) is 5.33 Å². The summed E-state index contributed by atoms with van der Waals surface area (Å²) in [5.41, 5.74) is 7.99. The fourth-order valence-corrected chi connectivity index (χ4v) is 4.38. The van der Waals surface area contributed by atoms with Gasteiger partial charge in [-0.05, 0) is 29.8 Å². The molecule has 0 bridgehead atoms. The van der Waals surface area contributed by atoms with Crippen molar-refractivity contribution >= 4 is 54.8 Å². The topological polar surface area (TPSA) is 81.3 Å². The van der Waals surface area contributed by atoms with Gasteiger partial charge >= 0.3 is 0 Å². The van der Waals surface area contributed by atoms with E-state index in [1.807, 2.05) is 18.2 Å². The van der Waals surface area contributed by atoms with E-state index in [1.54, 1.807) is 0 Å². The highest BCUT2D eigenvalue weighted by molar-refractivity contribution is 9.10. The Morgan fingerprint density at radius 3 is 2.68 bits per heavy atom. The fraction of sp³-hybridized carbons (Fsp3) is 0.222. The lowest BCUT2D eigenvalue weighted by atomic mass is 10.1. The zero-order chi connectivity index (χ0) is 20.3. The van der Waals surface area contributed by atoms with E-state index in [1.165, 1.54) is 23.5 Å². The van der Waals surface area contributed by atoms with Crippen LogP contribution in [-0.4, -0.2) is 34.6 Å². The molecule has 1 heterocycles. The summed E-state index contributed by atoms with van der Waals surface area (Å²) in [5, 5.41) is 19.5. The summed E-state index contributed by atoms with van der Waals surface area (Å²) in [6, 6.07) is 8.00. The summed E-state index contributed by atoms with van der Waals surface area (Å²) in [6.45, 7) is -0.280. The predicted octanol–water partition coefficient (Wildman–Crippen LogP) is 5.02. The molecule has 0 saturated heterocycles. The second kappa shape index (κ2) is 9.60. The van der Waals surface area contributed by atoms with Crippen LogP contribution in [0.5, 0.6) is 5.75 Å². The van der Waals surface area contributed by atoms with Crippen molar-refractivity contribution in [3.8, 4) is 26.9 Å². The molecule has 1 unspecified atom stereocenters. The molecule has 0 aliphatic carbocycles. The molecule has 0 spiro atoms. The number of aliphatic hydroxyl groups excluding tert-OH is 1. The molecule has 0 aliphatic heterocycles. The lowest BCUT2D eigenvalue weighted by Crippen LogP contribution is -2.31. The Labute approximate surface area is 187 Å². The van der Waals surface area contributed by atoms with Crippen molar-refractivity contribution in [3.63, 3.8) is 0 Å². The molecule has 148 valence electrons. The summed E-state index contributed by atoms with van der Waals surface area (Å²) in [5.74, 6) is -0.623. The number of aromatic nitrogens is 2. The molecule has 0 radical (unpaired) electrons. The summed E-state index contributed by atoms with van der Waals surface area (Å²) in [7, 11) is 0. The van der Waals surface area contributed by atoms with Crippen molar-refractivity contribution in [1.82, 2.24) is 10.2 Å². The number of nitrogens with two attached hydrogens (primary N) is 1. The van der Waals surface area contributed by atoms with Gasteiger partial charge in [0.25, 0.3) is 0 Å². The molecule has 28 heavy (non-hydrogen) atoms. The van der Waals surface area contributed by atoms with E-state index in [9.17, 15) is 4.39 Å². The summed E-state index contributed by atoms with van der Waals surface area (Å²) in [4.78, 5) is 0. The third-order valence-corrected chi connectivity index (χ3v) is 6.15. The highest BCUT2D eigenvalue weighted by Crippen LogP contribution is 2.37. The highest BCUT2D eigenvalue weighted by Gasteiger charge is 2.17. The maximum Gasteiger partial charge on any atom is 0.165 e. The van der Waals surface area contributed by atoms with Crippen LogP contribution in [0.3, 0.4) is 0 Å². The summed E-state index contributed by atoms with van der Waals surface area (Å²) >= 11 is 14.6. The van der Waals surface area contributed by atoms with Crippen LogP contribution in [0.25, 0.3) is 21.1 Å². The first-order chi connectivity index (χ1) is 13.4. The van der Waals surface area contributed by atoms with Crippen molar-refractivity contribution in [2.24, 2.45) is 5.73 Å². The Kier molecular flexibility index (Phi) is 7.41. The van der Waals surface area contributed by atoms with Crippen LogP contribution < -0.4 is 10.5 Å². The summed E-state index contributed by atoms with van der Waals surface area (Å²) < 4.78 is 20.6. The Morgan fingerprint density at radius 1 is 1.21 bits per heavy atom. The molecule has 10 heteroatoms. The second-order valence-electron chi connectivity index (χ2n) is 5.91. The third-order valence-electron chi connectivity index (χ3n) is 3.72. The van der Waals surface area contributed by atoms with E-state index in [0.29, 0.717) is 20.9 Å². The minimum absolute atomic E-state index is 0.0230. The van der Waals surface area contributed by atoms with Crippen LogP contribution in [0, 0.1) is 5.82 Å². The first-order valence-corrected chi connectivity index (χ1v) is 11.2. The number of rotatable bonds is 7. The van der Waals surface area contributed by atoms with Crippen molar-refractivity contribution in [2.75, 3.05) is 13.2 Å². The van der Waals surface area contributed by atoms with E-state index in [-0.39, 0.29) is 24.0 Å². The van der Waals surface area contributed by atoms with Crippen molar-refractivity contribution in [1.29, 1.82) is 0 Å². The van der Waals surface area contributed by atoms with Crippen molar-refractivity contribution < 1.29 is 14.2 Å². The van der Waals surface area contributed by atoms with E-state index in [2.05, 4.69) is 42.1 Å². The molecule has 0 fully saturated rings. The molecule has 2 aromatic carbocycles. The second-order valence-corrected chi connectivity index (χ2v) is 8.77. The Hall–Kier alpha value is -1.10. The first-order valence-electron chi connectivity index (χ1n) is 8.09. The zero-order valence-corrected chi connectivity index (χ0v) is 19.1. The first kappa shape index (κ1) is 21.6. The van der Waals surface area contributed by atoms with Gasteiger partial charge in [0.1, 0.15) is 16.6 Å². The minimum Gasteiger partial charge on any atom is -0.489 e. The van der Waals surface area contributed by atoms with E-state index < -0.39 is 11.9 Å². The normalized spacial score (nSPS) is 12.2. The number of ether oxygens (including phenoxy) is 1. The molecule has 3 aromatic rings. The molecule has 0 saturated carbocycles. The molecule has 3 rings (SSSR count). The van der Waals surface area contributed by atoms with Gasteiger partial charge in [0.05, 0.1) is 17.7 Å². The smallest absolute Gasteiger partial charge is 0.165 e. The average molecular weight is 552 g/mol. The number of nitrogens with zero attached hydrogens (tertiary/aromatic N) is 2. The van der Waals surface area contributed by atoms with Gasteiger partial charge in [0.15, 0.2) is 11.6 Å². The van der Waals surface area contributed by atoms with Gasteiger partial charge < -0.3 is 15.6 Å². The van der Waals surface area contributed by atoms with E-state index in [4.69, 9.17) is 27.2 Å². The monoisotopic (exact) mass is 549 g/mol. The maximum absolute atomic E-state index is 14.4. The van der Waals surface area contributed by atoms with Gasteiger partial charge in [0, 0.05) is 27.0 Å². The van der Waals surface area contributed by atoms with E-state index in [0.717, 1.165) is 15.6 Å². The molecular weight excluding hydrogens is 537 g/mol. The Morgan fingerprint density at radius 2 is 1.96 bits per heavy atom. The number of aliphatic hydroxyl groups is 1. The number of alkyl halides is 1. The molecular formula is C18H15Br2ClFN3O2S. The van der Waals surface area contributed by atoms with Gasteiger partial charge in [-0.1, -0.05) is 54.8 Å². The average Bonchev–Trinajstić information content (AvgIpc) is 3.17. The SMILES string of the molecule is NC(CO)COc1cc(Cl)c(-c2nnc(-c3cc(Br)cc(CBr)c3)s2)cc1F. The molecule has 5 nitrogen and oxygen atoms in total. The van der Waals surface area contributed by atoms with Crippen molar-refractivity contribution in [3.05, 3.63) is 51.2 Å². The maximum atomic E-state index is 14.4. The number of benzene rings is 2. The van der Waals surface area contributed by atoms with Gasteiger partial charge in [-0.3, -0.25) is 0 Å². The summed E-state index contributed by atoms with van der Waals surface area (Å²) in [6.07, 6.45) is 0. The lowest BCUT2D eigenvalue weighted by Gasteiger charge is -2.12. The molecule has 0 amide bonds.